The fourth-order valence-electron chi connectivity index (χ4n) is 2.07. The quantitative estimate of drug-likeness (QED) is 0.788. The first-order valence-corrected chi connectivity index (χ1v) is 6.96. The second-order valence-corrected chi connectivity index (χ2v) is 5.75. The van der Waals surface area contributed by atoms with Crippen molar-refractivity contribution in [1.82, 2.24) is 9.97 Å². The maximum Gasteiger partial charge on any atom is 0.138 e. The van der Waals surface area contributed by atoms with Crippen LogP contribution in [0.2, 0.25) is 0 Å². The first-order valence-electron chi connectivity index (χ1n) is 6.15. The molecule has 0 bridgehead atoms. The molecule has 5 heteroatoms. The van der Waals surface area contributed by atoms with E-state index in [1.165, 1.54) is 10.4 Å². The molecule has 98 valence electrons. The minimum absolute atomic E-state index is 0.633. The Morgan fingerprint density at radius 2 is 2.05 bits per heavy atom. The van der Waals surface area contributed by atoms with Crippen LogP contribution in [0.5, 0.6) is 0 Å². The van der Waals surface area contributed by atoms with E-state index >= 15 is 0 Å². The van der Waals surface area contributed by atoms with Gasteiger partial charge < -0.3 is 9.73 Å². The summed E-state index contributed by atoms with van der Waals surface area (Å²) in [5.74, 6) is 2.71. The summed E-state index contributed by atoms with van der Waals surface area (Å²) in [5.41, 5.74) is 1.25. The number of anilines is 1. The molecule has 0 aliphatic heterocycles. The lowest BCUT2D eigenvalue weighted by Crippen LogP contribution is -2.01. The van der Waals surface area contributed by atoms with Crippen LogP contribution >= 0.6 is 11.3 Å². The number of thiophene rings is 1. The van der Waals surface area contributed by atoms with Gasteiger partial charge >= 0.3 is 0 Å². The van der Waals surface area contributed by atoms with Crippen molar-refractivity contribution in [2.24, 2.45) is 0 Å². The van der Waals surface area contributed by atoms with Crippen molar-refractivity contribution in [1.29, 1.82) is 0 Å². The highest BCUT2D eigenvalue weighted by atomic mass is 32.1. The highest BCUT2D eigenvalue weighted by Gasteiger charge is 2.11. The lowest BCUT2D eigenvalue weighted by Gasteiger charge is -2.05. The molecule has 1 N–H and O–H groups in total. The highest BCUT2D eigenvalue weighted by Crippen LogP contribution is 2.32. The van der Waals surface area contributed by atoms with Crippen LogP contribution in [0.15, 0.2) is 22.9 Å². The molecule has 0 saturated heterocycles. The zero-order valence-electron chi connectivity index (χ0n) is 11.2. The first kappa shape index (κ1) is 12.2. The maximum absolute atomic E-state index is 5.55. The summed E-state index contributed by atoms with van der Waals surface area (Å²) in [7, 11) is 0. The number of rotatable bonds is 3. The molecule has 0 unspecified atom stereocenters. The van der Waals surface area contributed by atoms with Gasteiger partial charge in [0, 0.05) is 4.88 Å². The Kier molecular flexibility index (Phi) is 2.98. The van der Waals surface area contributed by atoms with E-state index in [1.807, 2.05) is 19.1 Å². The number of nitrogens with one attached hydrogen (secondary N) is 1. The molecule has 4 nitrogen and oxygen atoms in total. The zero-order valence-corrected chi connectivity index (χ0v) is 12.0. The largest absolute Gasteiger partial charge is 0.465 e. The molecule has 0 amide bonds. The van der Waals surface area contributed by atoms with Crippen molar-refractivity contribution in [3.8, 4) is 0 Å². The Morgan fingerprint density at radius 3 is 2.79 bits per heavy atom. The molecule has 19 heavy (non-hydrogen) atoms. The molecule has 3 rings (SSSR count). The Morgan fingerprint density at radius 1 is 1.21 bits per heavy atom. The molecule has 0 atom stereocenters. The number of fused-ring (bicyclic) bond motifs is 1. The maximum atomic E-state index is 5.55. The standard InChI is InChI=1S/C14H15N3OS/c1-8-4-5-11(18-8)6-15-13-12-9(2)10(3)19-14(12)17-7-16-13/h4-5,7H,6H2,1-3H3,(H,15,16,17). The molecule has 0 saturated carbocycles. The lowest BCUT2D eigenvalue weighted by atomic mass is 10.2. The molecule has 0 fully saturated rings. The van der Waals surface area contributed by atoms with Crippen LogP contribution in [0.3, 0.4) is 0 Å². The fraction of sp³-hybridized carbons (Fsp3) is 0.286. The van der Waals surface area contributed by atoms with E-state index in [0.29, 0.717) is 6.54 Å². The Balaban J connectivity index is 1.92. The topological polar surface area (TPSA) is 51.0 Å². The van der Waals surface area contributed by atoms with Crippen molar-refractivity contribution in [2.75, 3.05) is 5.32 Å². The number of nitrogens with zero attached hydrogens (tertiary/aromatic N) is 2. The predicted molar refractivity (Wildman–Crippen MR) is 77.7 cm³/mol. The van der Waals surface area contributed by atoms with E-state index in [-0.39, 0.29) is 0 Å². The van der Waals surface area contributed by atoms with Gasteiger partial charge in [0.2, 0.25) is 0 Å². The third-order valence-corrected chi connectivity index (χ3v) is 4.31. The molecule has 0 aliphatic rings. The number of aryl methyl sites for hydroxylation is 3. The average Bonchev–Trinajstić information content (AvgIpc) is 2.93. The van der Waals surface area contributed by atoms with E-state index in [9.17, 15) is 0 Å². The fourth-order valence-corrected chi connectivity index (χ4v) is 3.06. The van der Waals surface area contributed by atoms with Crippen LogP contribution < -0.4 is 5.32 Å². The van der Waals surface area contributed by atoms with Crippen LogP contribution in [0, 0.1) is 20.8 Å². The van der Waals surface area contributed by atoms with Gasteiger partial charge in [-0.25, -0.2) is 9.97 Å². The van der Waals surface area contributed by atoms with Gasteiger partial charge in [0.25, 0.3) is 0 Å². The molecule has 0 spiro atoms. The van der Waals surface area contributed by atoms with Gasteiger partial charge in [0.05, 0.1) is 11.9 Å². The van der Waals surface area contributed by atoms with Crippen molar-refractivity contribution >= 4 is 27.4 Å². The van der Waals surface area contributed by atoms with Crippen LogP contribution in [0.25, 0.3) is 10.2 Å². The normalized spacial score (nSPS) is 11.1. The van der Waals surface area contributed by atoms with E-state index in [4.69, 9.17) is 4.42 Å². The molecule has 0 radical (unpaired) electrons. The Bertz CT molecular complexity index is 729. The van der Waals surface area contributed by atoms with Crippen molar-refractivity contribution < 1.29 is 4.42 Å². The van der Waals surface area contributed by atoms with Crippen LogP contribution in [-0.2, 0) is 6.54 Å². The average molecular weight is 273 g/mol. The molecule has 3 heterocycles. The summed E-state index contributed by atoms with van der Waals surface area (Å²) in [4.78, 5) is 11.0. The van der Waals surface area contributed by atoms with Crippen LogP contribution in [0.1, 0.15) is 22.0 Å². The van der Waals surface area contributed by atoms with Crippen LogP contribution in [0.4, 0.5) is 5.82 Å². The molecule has 0 aliphatic carbocycles. The monoisotopic (exact) mass is 273 g/mol. The van der Waals surface area contributed by atoms with Gasteiger partial charge in [-0.1, -0.05) is 0 Å². The van der Waals surface area contributed by atoms with E-state index < -0.39 is 0 Å². The summed E-state index contributed by atoms with van der Waals surface area (Å²) in [6.45, 7) is 6.80. The molecule has 3 aromatic rings. The molecular weight excluding hydrogens is 258 g/mol. The predicted octanol–water partition coefficient (Wildman–Crippen LogP) is 3.82. The van der Waals surface area contributed by atoms with Gasteiger partial charge in [-0.05, 0) is 38.5 Å². The minimum atomic E-state index is 0.633. The van der Waals surface area contributed by atoms with Gasteiger partial charge in [-0.15, -0.1) is 11.3 Å². The molecule has 3 aromatic heterocycles. The van der Waals surface area contributed by atoms with E-state index in [1.54, 1.807) is 17.7 Å². The van der Waals surface area contributed by atoms with Crippen LogP contribution in [-0.4, -0.2) is 9.97 Å². The smallest absolute Gasteiger partial charge is 0.138 e. The minimum Gasteiger partial charge on any atom is -0.465 e. The Hall–Kier alpha value is -1.88. The summed E-state index contributed by atoms with van der Waals surface area (Å²) >= 11 is 1.70. The SMILES string of the molecule is Cc1ccc(CNc2ncnc3sc(C)c(C)c23)o1. The van der Waals surface area contributed by atoms with Crippen molar-refractivity contribution in [3.05, 3.63) is 40.4 Å². The second kappa shape index (κ2) is 4.66. The number of hydrogen-bond acceptors (Lipinski definition) is 5. The van der Waals surface area contributed by atoms with Gasteiger partial charge in [-0.3, -0.25) is 0 Å². The van der Waals surface area contributed by atoms with Gasteiger partial charge in [0.1, 0.15) is 28.5 Å². The lowest BCUT2D eigenvalue weighted by molar-refractivity contribution is 0.490. The van der Waals surface area contributed by atoms with Crippen molar-refractivity contribution in [2.45, 2.75) is 27.3 Å². The third kappa shape index (κ3) is 2.21. The number of hydrogen-bond donors (Lipinski definition) is 1. The summed E-state index contributed by atoms with van der Waals surface area (Å²) in [6.07, 6.45) is 1.60. The van der Waals surface area contributed by atoms with Gasteiger partial charge in [-0.2, -0.15) is 0 Å². The summed E-state index contributed by atoms with van der Waals surface area (Å²) in [5, 5.41) is 4.45. The van der Waals surface area contributed by atoms with E-state index in [2.05, 4.69) is 29.1 Å². The molecular formula is C14H15N3OS. The Labute approximate surface area is 115 Å². The number of aromatic nitrogens is 2. The zero-order chi connectivity index (χ0) is 13.4. The van der Waals surface area contributed by atoms with Gasteiger partial charge in [0.15, 0.2) is 0 Å². The number of furan rings is 1. The third-order valence-electron chi connectivity index (χ3n) is 3.19. The highest BCUT2D eigenvalue weighted by molar-refractivity contribution is 7.18. The second-order valence-electron chi connectivity index (χ2n) is 4.55. The first-order chi connectivity index (χ1) is 9.15. The summed E-state index contributed by atoms with van der Waals surface area (Å²) < 4.78 is 5.55. The van der Waals surface area contributed by atoms with Crippen molar-refractivity contribution in [3.63, 3.8) is 0 Å². The summed E-state index contributed by atoms with van der Waals surface area (Å²) in [6, 6.07) is 3.94. The van der Waals surface area contributed by atoms with E-state index in [0.717, 1.165) is 27.6 Å². The molecule has 0 aromatic carbocycles.